The maximum Gasteiger partial charge on any atom is 0.154 e. The second-order valence-corrected chi connectivity index (χ2v) is 3.97. The molecule has 0 aliphatic rings. The predicted molar refractivity (Wildman–Crippen MR) is 83.5 cm³/mol. The smallest absolute Gasteiger partial charge is 0.154 e. The van der Waals surface area contributed by atoms with Crippen molar-refractivity contribution in [1.82, 2.24) is 0 Å². The van der Waals surface area contributed by atoms with E-state index < -0.39 is 0 Å². The molecule has 0 aliphatic heterocycles. The lowest BCUT2D eigenvalue weighted by Gasteiger charge is -2.09. The van der Waals surface area contributed by atoms with Crippen LogP contribution in [0.3, 0.4) is 0 Å². The van der Waals surface area contributed by atoms with E-state index in [4.69, 9.17) is 9.47 Å². The number of hydrogen-bond donors (Lipinski definition) is 0. The van der Waals surface area contributed by atoms with Crippen molar-refractivity contribution in [1.29, 1.82) is 0 Å². The highest BCUT2D eigenvalue weighted by Gasteiger charge is 1.94. The summed E-state index contributed by atoms with van der Waals surface area (Å²) in [7, 11) is 0. The van der Waals surface area contributed by atoms with Crippen molar-refractivity contribution in [3.05, 3.63) is 47.5 Å². The van der Waals surface area contributed by atoms with Gasteiger partial charge in [0.2, 0.25) is 0 Å². The third-order valence-electron chi connectivity index (χ3n) is 1.83. The van der Waals surface area contributed by atoms with E-state index in [1.54, 1.807) is 6.07 Å². The van der Waals surface area contributed by atoms with Crippen LogP contribution in [-0.4, -0.2) is 25.8 Å². The number of halogens is 1. The first-order valence-corrected chi connectivity index (χ1v) is 6.87. The lowest BCUT2D eigenvalue weighted by atomic mass is 10.2. The van der Waals surface area contributed by atoms with E-state index in [1.165, 1.54) is 0 Å². The van der Waals surface area contributed by atoms with Gasteiger partial charge in [0.25, 0.3) is 0 Å². The van der Waals surface area contributed by atoms with Gasteiger partial charge < -0.3 is 9.47 Å². The van der Waals surface area contributed by atoms with Crippen molar-refractivity contribution >= 4 is 22.2 Å². The van der Waals surface area contributed by atoms with Crippen LogP contribution in [0.4, 0.5) is 0 Å². The summed E-state index contributed by atoms with van der Waals surface area (Å²) in [4.78, 5) is 10.2. The summed E-state index contributed by atoms with van der Waals surface area (Å²) in [6.45, 7) is 13.3. The van der Waals surface area contributed by atoms with Crippen LogP contribution in [0.25, 0.3) is 0 Å². The highest BCUT2D eigenvalue weighted by molar-refractivity contribution is 9.10. The van der Waals surface area contributed by atoms with Gasteiger partial charge in [-0.1, -0.05) is 34.1 Å². The fourth-order valence-corrected chi connectivity index (χ4v) is 1.47. The quantitative estimate of drug-likeness (QED) is 0.454. The van der Waals surface area contributed by atoms with Crippen LogP contribution in [0.1, 0.15) is 31.1 Å². The maximum absolute atomic E-state index is 10.2. The topological polar surface area (TPSA) is 35.5 Å². The minimum absolute atomic E-state index is 0.0370. The SMILES string of the molecule is C=C.CCOC(C)OCC.O=Cc1ccccc1Br. The van der Waals surface area contributed by atoms with E-state index in [2.05, 4.69) is 29.1 Å². The van der Waals surface area contributed by atoms with E-state index >= 15 is 0 Å². The number of ether oxygens (including phenoxy) is 2. The average molecular weight is 331 g/mol. The fraction of sp³-hybridized carbons (Fsp3) is 0.400. The van der Waals surface area contributed by atoms with Gasteiger partial charge >= 0.3 is 0 Å². The molecule has 3 nitrogen and oxygen atoms in total. The Kier molecular flexibility index (Phi) is 16.2. The number of carbonyl (C=O) groups excluding carboxylic acids is 1. The average Bonchev–Trinajstić information content (AvgIpc) is 2.43. The molecule has 1 aromatic rings. The van der Waals surface area contributed by atoms with Gasteiger partial charge in [-0.25, -0.2) is 0 Å². The van der Waals surface area contributed by atoms with Gasteiger partial charge in [0.1, 0.15) is 0 Å². The lowest BCUT2D eigenvalue weighted by molar-refractivity contribution is -0.123. The van der Waals surface area contributed by atoms with Crippen LogP contribution in [0, 0.1) is 0 Å². The van der Waals surface area contributed by atoms with Crippen LogP contribution in [0.5, 0.6) is 0 Å². The van der Waals surface area contributed by atoms with Crippen molar-refractivity contribution in [2.45, 2.75) is 27.1 Å². The molecule has 0 saturated heterocycles. The summed E-state index contributed by atoms with van der Waals surface area (Å²) in [5.41, 5.74) is 0.692. The summed E-state index contributed by atoms with van der Waals surface area (Å²) in [5, 5.41) is 0. The normalized spacial score (nSPS) is 8.89. The van der Waals surface area contributed by atoms with Gasteiger partial charge in [0, 0.05) is 23.2 Å². The zero-order valence-electron chi connectivity index (χ0n) is 11.9. The van der Waals surface area contributed by atoms with E-state index in [0.717, 1.165) is 24.0 Å². The van der Waals surface area contributed by atoms with Crippen molar-refractivity contribution in [3.63, 3.8) is 0 Å². The molecule has 0 amide bonds. The first-order chi connectivity index (χ1) is 9.15. The second kappa shape index (κ2) is 15.1. The van der Waals surface area contributed by atoms with E-state index in [-0.39, 0.29) is 6.29 Å². The largest absolute Gasteiger partial charge is 0.353 e. The molecule has 4 heteroatoms. The maximum atomic E-state index is 10.2. The molecule has 0 aromatic heterocycles. The third kappa shape index (κ3) is 11.8. The van der Waals surface area contributed by atoms with Gasteiger partial charge in [-0.2, -0.15) is 0 Å². The summed E-state index contributed by atoms with van der Waals surface area (Å²) < 4.78 is 11.0. The van der Waals surface area contributed by atoms with E-state index in [0.29, 0.717) is 5.56 Å². The number of aldehydes is 1. The molecule has 0 aliphatic carbocycles. The van der Waals surface area contributed by atoms with Crippen molar-refractivity contribution < 1.29 is 14.3 Å². The molecule has 0 atom stereocenters. The number of benzene rings is 1. The molecular weight excluding hydrogens is 308 g/mol. The molecule has 0 unspecified atom stereocenters. The highest BCUT2D eigenvalue weighted by atomic mass is 79.9. The molecule has 19 heavy (non-hydrogen) atoms. The van der Waals surface area contributed by atoms with Gasteiger partial charge in [0.15, 0.2) is 12.6 Å². The van der Waals surface area contributed by atoms with Crippen LogP contribution in [0.2, 0.25) is 0 Å². The number of rotatable bonds is 5. The Morgan fingerprint density at radius 1 is 1.21 bits per heavy atom. The number of carbonyl (C=O) groups is 1. The van der Waals surface area contributed by atoms with Gasteiger partial charge in [-0.05, 0) is 26.8 Å². The molecule has 108 valence electrons. The van der Waals surface area contributed by atoms with Gasteiger partial charge in [0.05, 0.1) is 0 Å². The zero-order chi connectivity index (χ0) is 15.1. The molecular formula is C15H23BrO3. The first kappa shape index (κ1) is 20.3. The molecule has 0 spiro atoms. The lowest BCUT2D eigenvalue weighted by Crippen LogP contribution is -2.11. The van der Waals surface area contributed by atoms with Crippen molar-refractivity contribution in [2.24, 2.45) is 0 Å². The molecule has 0 saturated carbocycles. The van der Waals surface area contributed by atoms with Gasteiger partial charge in [-0.15, -0.1) is 13.2 Å². The van der Waals surface area contributed by atoms with Crippen molar-refractivity contribution in [3.8, 4) is 0 Å². The van der Waals surface area contributed by atoms with E-state index in [9.17, 15) is 4.79 Å². The Hall–Kier alpha value is -0.970. The van der Waals surface area contributed by atoms with E-state index in [1.807, 2.05) is 39.0 Å². The summed E-state index contributed by atoms with van der Waals surface area (Å²) >= 11 is 3.23. The molecule has 1 rings (SSSR count). The summed E-state index contributed by atoms with van der Waals surface area (Å²) in [5.74, 6) is 0. The zero-order valence-corrected chi connectivity index (χ0v) is 13.5. The van der Waals surface area contributed by atoms with Gasteiger partial charge in [-0.3, -0.25) is 4.79 Å². The Balaban J connectivity index is 0. The van der Waals surface area contributed by atoms with Crippen LogP contribution in [-0.2, 0) is 9.47 Å². The highest BCUT2D eigenvalue weighted by Crippen LogP contribution is 2.12. The Bertz CT molecular complexity index is 323. The summed E-state index contributed by atoms with van der Waals surface area (Å²) in [6.07, 6.45) is 0.786. The van der Waals surface area contributed by atoms with Crippen LogP contribution >= 0.6 is 15.9 Å². The summed E-state index contributed by atoms with van der Waals surface area (Å²) in [6, 6.07) is 7.30. The van der Waals surface area contributed by atoms with Crippen molar-refractivity contribution in [2.75, 3.05) is 13.2 Å². The number of hydrogen-bond acceptors (Lipinski definition) is 3. The second-order valence-electron chi connectivity index (χ2n) is 3.12. The Morgan fingerprint density at radius 3 is 2.00 bits per heavy atom. The molecule has 0 bridgehead atoms. The molecule has 0 N–H and O–H groups in total. The Labute approximate surface area is 124 Å². The van der Waals surface area contributed by atoms with Crippen LogP contribution < -0.4 is 0 Å². The minimum atomic E-state index is -0.0370. The van der Waals surface area contributed by atoms with Crippen LogP contribution in [0.15, 0.2) is 41.9 Å². The first-order valence-electron chi connectivity index (χ1n) is 6.08. The molecule has 0 heterocycles. The minimum Gasteiger partial charge on any atom is -0.353 e. The Morgan fingerprint density at radius 2 is 1.68 bits per heavy atom. The predicted octanol–water partition coefficient (Wildman–Crippen LogP) is 4.47. The third-order valence-corrected chi connectivity index (χ3v) is 2.56. The standard InChI is InChI=1S/C7H5BrO.C6H14O2.C2H4/c8-7-4-2-1-3-6(7)5-9;1-4-7-6(3)8-5-2;1-2/h1-5H;6H,4-5H2,1-3H3;1-2H2. The molecule has 0 fully saturated rings. The molecule has 1 aromatic carbocycles. The molecule has 0 radical (unpaired) electrons. The fourth-order valence-electron chi connectivity index (χ4n) is 1.09. The monoisotopic (exact) mass is 330 g/mol.